The summed E-state index contributed by atoms with van der Waals surface area (Å²) in [4.78, 5) is 11.9. The van der Waals surface area contributed by atoms with Gasteiger partial charge in [-0.1, -0.05) is 12.1 Å². The van der Waals surface area contributed by atoms with Gasteiger partial charge in [-0.05, 0) is 43.2 Å². The zero-order valence-corrected chi connectivity index (χ0v) is 12.8. The molecule has 2 atom stereocenters. The molecule has 0 radical (unpaired) electrons. The molecule has 0 bridgehead atoms. The number of urea groups is 1. The zero-order valence-electron chi connectivity index (χ0n) is 12.0. The predicted molar refractivity (Wildman–Crippen MR) is 83.6 cm³/mol. The fraction of sp³-hybridized carbons (Fsp3) is 0.533. The lowest BCUT2D eigenvalue weighted by atomic mass is 10.1. The van der Waals surface area contributed by atoms with E-state index >= 15 is 0 Å². The topological polar surface area (TPSA) is 50.4 Å². The monoisotopic (exact) mass is 294 g/mol. The number of hydrogen-bond acceptors (Lipinski definition) is 3. The van der Waals surface area contributed by atoms with Gasteiger partial charge >= 0.3 is 6.03 Å². The fourth-order valence-electron chi connectivity index (χ4n) is 2.30. The molecule has 2 amide bonds. The van der Waals surface area contributed by atoms with E-state index in [4.69, 9.17) is 4.74 Å². The predicted octanol–water partition coefficient (Wildman–Crippen LogP) is 2.43. The molecule has 1 aliphatic rings. The van der Waals surface area contributed by atoms with E-state index in [2.05, 4.69) is 10.6 Å². The summed E-state index contributed by atoms with van der Waals surface area (Å²) in [7, 11) is 1.66. The first-order chi connectivity index (χ1) is 9.67. The van der Waals surface area contributed by atoms with Gasteiger partial charge in [-0.15, -0.1) is 0 Å². The van der Waals surface area contributed by atoms with Gasteiger partial charge in [0.1, 0.15) is 5.75 Å². The first kappa shape index (κ1) is 15.0. The Hall–Kier alpha value is -1.36. The Morgan fingerprint density at radius 1 is 1.55 bits per heavy atom. The van der Waals surface area contributed by atoms with Crippen molar-refractivity contribution in [3.05, 3.63) is 29.8 Å². The highest BCUT2D eigenvalue weighted by atomic mass is 32.2. The third-order valence-corrected chi connectivity index (χ3v) is 4.48. The van der Waals surface area contributed by atoms with E-state index in [1.165, 1.54) is 0 Å². The highest BCUT2D eigenvalue weighted by Crippen LogP contribution is 2.17. The summed E-state index contributed by atoms with van der Waals surface area (Å²) in [6.07, 6.45) is 1.87. The van der Waals surface area contributed by atoms with Crippen LogP contribution < -0.4 is 15.4 Å². The van der Waals surface area contributed by atoms with E-state index in [-0.39, 0.29) is 12.1 Å². The molecule has 0 unspecified atom stereocenters. The van der Waals surface area contributed by atoms with Gasteiger partial charge < -0.3 is 15.4 Å². The Morgan fingerprint density at radius 2 is 2.40 bits per heavy atom. The average molecular weight is 294 g/mol. The Balaban J connectivity index is 1.78. The van der Waals surface area contributed by atoms with Crippen molar-refractivity contribution in [2.24, 2.45) is 0 Å². The minimum atomic E-state index is -0.0621. The second kappa shape index (κ2) is 7.43. The van der Waals surface area contributed by atoms with E-state index in [9.17, 15) is 4.79 Å². The number of carbonyl (C=O) groups excluding carboxylic acids is 1. The molecular formula is C15H22N2O2S. The Bertz CT molecular complexity index is 447. The standard InChI is InChI=1S/C15H22N2O2S/c1-11(8-12-4-3-5-14(9-12)19-2)16-15(18)17-13-6-7-20-10-13/h3-5,9,11,13H,6-8,10H2,1-2H3,(H2,16,17,18)/t11-,13-/m0/s1. The number of benzene rings is 1. The molecule has 0 saturated carbocycles. The van der Waals surface area contributed by atoms with Crippen LogP contribution in [-0.2, 0) is 6.42 Å². The molecule has 0 aromatic heterocycles. The number of ether oxygens (including phenoxy) is 1. The van der Waals surface area contributed by atoms with Crippen molar-refractivity contribution < 1.29 is 9.53 Å². The molecule has 1 aromatic rings. The number of methoxy groups -OCH3 is 1. The number of amides is 2. The van der Waals surface area contributed by atoms with Crippen LogP contribution in [0, 0.1) is 0 Å². The molecule has 1 heterocycles. The highest BCUT2D eigenvalue weighted by molar-refractivity contribution is 7.99. The summed E-state index contributed by atoms with van der Waals surface area (Å²) >= 11 is 1.89. The Labute approximate surface area is 124 Å². The van der Waals surface area contributed by atoms with Crippen molar-refractivity contribution in [1.82, 2.24) is 10.6 Å². The van der Waals surface area contributed by atoms with Crippen LogP contribution >= 0.6 is 11.8 Å². The maximum Gasteiger partial charge on any atom is 0.315 e. The van der Waals surface area contributed by atoms with Crippen molar-refractivity contribution in [2.45, 2.75) is 31.8 Å². The number of rotatable bonds is 5. The Kier molecular flexibility index (Phi) is 5.59. The summed E-state index contributed by atoms with van der Waals surface area (Å²) in [5, 5.41) is 6.02. The zero-order chi connectivity index (χ0) is 14.4. The molecule has 0 aliphatic carbocycles. The van der Waals surface area contributed by atoms with E-state index in [1.807, 2.05) is 43.0 Å². The van der Waals surface area contributed by atoms with Crippen molar-refractivity contribution >= 4 is 17.8 Å². The molecule has 5 heteroatoms. The van der Waals surface area contributed by atoms with E-state index < -0.39 is 0 Å². The van der Waals surface area contributed by atoms with Gasteiger partial charge in [0.15, 0.2) is 0 Å². The van der Waals surface area contributed by atoms with Gasteiger partial charge in [-0.3, -0.25) is 0 Å². The van der Waals surface area contributed by atoms with Crippen LogP contribution in [-0.4, -0.2) is 36.7 Å². The van der Waals surface area contributed by atoms with Crippen molar-refractivity contribution in [2.75, 3.05) is 18.6 Å². The lowest BCUT2D eigenvalue weighted by molar-refractivity contribution is 0.235. The van der Waals surface area contributed by atoms with E-state index in [0.717, 1.165) is 35.7 Å². The fourth-order valence-corrected chi connectivity index (χ4v) is 3.46. The van der Waals surface area contributed by atoms with Gasteiger partial charge in [0.2, 0.25) is 0 Å². The minimum Gasteiger partial charge on any atom is -0.497 e. The smallest absolute Gasteiger partial charge is 0.315 e. The number of hydrogen-bond donors (Lipinski definition) is 2. The highest BCUT2D eigenvalue weighted by Gasteiger charge is 2.18. The van der Waals surface area contributed by atoms with E-state index in [0.29, 0.717) is 6.04 Å². The normalized spacial score (nSPS) is 19.4. The quantitative estimate of drug-likeness (QED) is 0.877. The molecule has 0 spiro atoms. The molecule has 1 aromatic carbocycles. The number of thioether (sulfide) groups is 1. The summed E-state index contributed by atoms with van der Waals surface area (Å²) in [5.41, 5.74) is 1.16. The lowest BCUT2D eigenvalue weighted by Gasteiger charge is -2.17. The van der Waals surface area contributed by atoms with Crippen molar-refractivity contribution in [3.8, 4) is 5.75 Å². The summed E-state index contributed by atoms with van der Waals surface area (Å²) in [6.45, 7) is 2.02. The summed E-state index contributed by atoms with van der Waals surface area (Å²) < 4.78 is 5.20. The largest absolute Gasteiger partial charge is 0.497 e. The lowest BCUT2D eigenvalue weighted by Crippen LogP contribution is -2.46. The van der Waals surface area contributed by atoms with Gasteiger partial charge in [-0.25, -0.2) is 4.79 Å². The van der Waals surface area contributed by atoms with Crippen LogP contribution in [0.3, 0.4) is 0 Å². The molecule has 1 aliphatic heterocycles. The van der Waals surface area contributed by atoms with Crippen LogP contribution in [0.1, 0.15) is 18.9 Å². The third kappa shape index (κ3) is 4.63. The molecular weight excluding hydrogens is 272 g/mol. The second-order valence-corrected chi connectivity index (χ2v) is 6.28. The van der Waals surface area contributed by atoms with Crippen LogP contribution in [0.5, 0.6) is 5.75 Å². The van der Waals surface area contributed by atoms with Gasteiger partial charge in [0, 0.05) is 17.8 Å². The molecule has 2 rings (SSSR count). The minimum absolute atomic E-state index is 0.0621. The van der Waals surface area contributed by atoms with Gasteiger partial charge in [-0.2, -0.15) is 11.8 Å². The summed E-state index contributed by atoms with van der Waals surface area (Å²) in [6, 6.07) is 8.30. The third-order valence-electron chi connectivity index (χ3n) is 3.32. The number of nitrogens with one attached hydrogen (secondary N) is 2. The van der Waals surface area contributed by atoms with Crippen LogP contribution in [0.2, 0.25) is 0 Å². The van der Waals surface area contributed by atoms with Crippen molar-refractivity contribution in [3.63, 3.8) is 0 Å². The number of carbonyl (C=O) groups is 1. The SMILES string of the molecule is COc1cccc(C[C@H](C)NC(=O)N[C@H]2CCSC2)c1. The molecule has 1 saturated heterocycles. The molecule has 1 fully saturated rings. The summed E-state index contributed by atoms with van der Waals surface area (Å²) in [5.74, 6) is 3.02. The molecule has 20 heavy (non-hydrogen) atoms. The second-order valence-electron chi connectivity index (χ2n) is 5.14. The molecule has 110 valence electrons. The molecule has 2 N–H and O–H groups in total. The maximum atomic E-state index is 11.9. The van der Waals surface area contributed by atoms with Crippen molar-refractivity contribution in [1.29, 1.82) is 0 Å². The Morgan fingerprint density at radius 3 is 3.10 bits per heavy atom. The first-order valence-corrected chi connectivity index (χ1v) is 8.10. The van der Waals surface area contributed by atoms with Crippen LogP contribution in [0.15, 0.2) is 24.3 Å². The van der Waals surface area contributed by atoms with E-state index in [1.54, 1.807) is 7.11 Å². The molecule has 4 nitrogen and oxygen atoms in total. The van der Waals surface area contributed by atoms with Gasteiger partial charge in [0.25, 0.3) is 0 Å². The average Bonchev–Trinajstić information content (AvgIpc) is 2.91. The maximum absolute atomic E-state index is 11.9. The van der Waals surface area contributed by atoms with Gasteiger partial charge in [0.05, 0.1) is 7.11 Å². The van der Waals surface area contributed by atoms with Crippen LogP contribution in [0.4, 0.5) is 4.79 Å². The first-order valence-electron chi connectivity index (χ1n) is 6.95. The van der Waals surface area contributed by atoms with Crippen LogP contribution in [0.25, 0.3) is 0 Å².